The van der Waals surface area contributed by atoms with Crippen LogP contribution in [0.4, 0.5) is 0 Å². The Bertz CT molecular complexity index is 374. The van der Waals surface area contributed by atoms with Gasteiger partial charge in [0.15, 0.2) is 0 Å². The summed E-state index contributed by atoms with van der Waals surface area (Å²) < 4.78 is 5.57. The number of carbonyl (C=O) groups excluding carboxylic acids is 1. The van der Waals surface area contributed by atoms with E-state index in [4.69, 9.17) is 9.57 Å². The topological polar surface area (TPSA) is 38.8 Å². The maximum atomic E-state index is 12.0. The number of carbonyl (C=O) groups is 1. The fraction of sp³-hybridized carbons (Fsp3) is 0.500. The quantitative estimate of drug-likeness (QED) is 0.820. The van der Waals surface area contributed by atoms with E-state index in [9.17, 15) is 4.79 Å². The molecule has 1 fully saturated rings. The first-order valence-electron chi connectivity index (χ1n) is 6.37. The average molecular weight is 249 g/mol. The van der Waals surface area contributed by atoms with Crippen molar-refractivity contribution in [2.75, 3.05) is 13.2 Å². The zero-order chi connectivity index (χ0) is 12.8. The third-order valence-corrected chi connectivity index (χ3v) is 2.94. The average Bonchev–Trinajstić information content (AvgIpc) is 2.46. The van der Waals surface area contributed by atoms with Gasteiger partial charge in [-0.3, -0.25) is 9.63 Å². The SMILES string of the molecule is CC(OCc1ccccc1)C(=O)N1CCCCO1. The van der Waals surface area contributed by atoms with Crippen molar-refractivity contribution in [3.05, 3.63) is 35.9 Å². The molecule has 0 N–H and O–H groups in total. The fourth-order valence-corrected chi connectivity index (χ4v) is 1.84. The van der Waals surface area contributed by atoms with Gasteiger partial charge in [-0.2, -0.15) is 0 Å². The molecule has 1 unspecified atom stereocenters. The Balaban J connectivity index is 1.80. The maximum Gasteiger partial charge on any atom is 0.274 e. The molecular formula is C14H19NO3. The highest BCUT2D eigenvalue weighted by Crippen LogP contribution is 2.10. The highest BCUT2D eigenvalue weighted by Gasteiger charge is 2.23. The lowest BCUT2D eigenvalue weighted by Gasteiger charge is -2.28. The first-order chi connectivity index (χ1) is 8.77. The molecule has 0 spiro atoms. The summed E-state index contributed by atoms with van der Waals surface area (Å²) >= 11 is 0. The molecule has 0 saturated carbocycles. The Labute approximate surface area is 107 Å². The molecule has 1 aromatic carbocycles. The first kappa shape index (κ1) is 13.1. The lowest BCUT2D eigenvalue weighted by Crippen LogP contribution is -2.41. The number of ether oxygens (including phenoxy) is 1. The van der Waals surface area contributed by atoms with E-state index in [-0.39, 0.29) is 5.91 Å². The van der Waals surface area contributed by atoms with Crippen LogP contribution < -0.4 is 0 Å². The zero-order valence-electron chi connectivity index (χ0n) is 10.7. The summed E-state index contributed by atoms with van der Waals surface area (Å²) in [6.45, 7) is 3.50. The lowest BCUT2D eigenvalue weighted by molar-refractivity contribution is -0.206. The van der Waals surface area contributed by atoms with Crippen LogP contribution in [0.15, 0.2) is 30.3 Å². The number of benzene rings is 1. The van der Waals surface area contributed by atoms with E-state index in [1.165, 1.54) is 5.06 Å². The number of rotatable bonds is 4. The van der Waals surface area contributed by atoms with Gasteiger partial charge in [-0.25, -0.2) is 5.06 Å². The molecule has 0 radical (unpaired) electrons. The maximum absolute atomic E-state index is 12.0. The highest BCUT2D eigenvalue weighted by atomic mass is 16.7. The Kier molecular flexibility index (Phi) is 4.73. The lowest BCUT2D eigenvalue weighted by atomic mass is 10.2. The predicted molar refractivity (Wildman–Crippen MR) is 67.6 cm³/mol. The smallest absolute Gasteiger partial charge is 0.274 e. The molecule has 18 heavy (non-hydrogen) atoms. The van der Waals surface area contributed by atoms with E-state index in [1.54, 1.807) is 6.92 Å². The number of hydrogen-bond donors (Lipinski definition) is 0. The Morgan fingerprint density at radius 1 is 1.39 bits per heavy atom. The summed E-state index contributed by atoms with van der Waals surface area (Å²) in [6, 6.07) is 9.83. The van der Waals surface area contributed by atoms with Gasteiger partial charge in [-0.15, -0.1) is 0 Å². The Hall–Kier alpha value is -1.39. The van der Waals surface area contributed by atoms with Crippen molar-refractivity contribution in [2.45, 2.75) is 32.5 Å². The first-order valence-corrected chi connectivity index (χ1v) is 6.37. The van der Waals surface area contributed by atoms with Gasteiger partial charge >= 0.3 is 0 Å². The van der Waals surface area contributed by atoms with Crippen molar-refractivity contribution in [2.24, 2.45) is 0 Å². The van der Waals surface area contributed by atoms with Crippen LogP contribution in [0.3, 0.4) is 0 Å². The molecule has 0 aromatic heterocycles. The van der Waals surface area contributed by atoms with Crippen molar-refractivity contribution in [3.8, 4) is 0 Å². The van der Waals surface area contributed by atoms with Gasteiger partial charge in [0.1, 0.15) is 6.10 Å². The molecule has 4 heteroatoms. The predicted octanol–water partition coefficient (Wildman–Crippen LogP) is 2.15. The van der Waals surface area contributed by atoms with Gasteiger partial charge in [0.2, 0.25) is 0 Å². The van der Waals surface area contributed by atoms with Crippen LogP contribution in [-0.4, -0.2) is 30.2 Å². The van der Waals surface area contributed by atoms with Crippen LogP contribution in [0.25, 0.3) is 0 Å². The van der Waals surface area contributed by atoms with Gasteiger partial charge < -0.3 is 4.74 Å². The molecule has 1 saturated heterocycles. The number of hydrogen-bond acceptors (Lipinski definition) is 3. The Morgan fingerprint density at radius 3 is 2.83 bits per heavy atom. The van der Waals surface area contributed by atoms with E-state index < -0.39 is 6.10 Å². The highest BCUT2D eigenvalue weighted by molar-refractivity contribution is 5.79. The van der Waals surface area contributed by atoms with Crippen LogP contribution in [0.1, 0.15) is 25.3 Å². The number of amides is 1. The molecule has 0 aliphatic carbocycles. The second kappa shape index (κ2) is 6.52. The summed E-state index contributed by atoms with van der Waals surface area (Å²) in [7, 11) is 0. The van der Waals surface area contributed by atoms with E-state index in [0.29, 0.717) is 19.8 Å². The summed E-state index contributed by atoms with van der Waals surface area (Å²) in [6.07, 6.45) is 1.54. The van der Waals surface area contributed by atoms with Crippen LogP contribution in [0.5, 0.6) is 0 Å². The number of nitrogens with zero attached hydrogens (tertiary/aromatic N) is 1. The minimum Gasteiger partial charge on any atom is -0.364 e. The largest absolute Gasteiger partial charge is 0.364 e. The molecule has 4 nitrogen and oxygen atoms in total. The van der Waals surface area contributed by atoms with Gasteiger partial charge in [-0.05, 0) is 25.3 Å². The van der Waals surface area contributed by atoms with Crippen LogP contribution in [-0.2, 0) is 21.0 Å². The summed E-state index contributed by atoms with van der Waals surface area (Å²) in [4.78, 5) is 17.3. The molecule has 1 amide bonds. The zero-order valence-corrected chi connectivity index (χ0v) is 10.7. The van der Waals surface area contributed by atoms with Crippen molar-refractivity contribution >= 4 is 5.91 Å². The van der Waals surface area contributed by atoms with E-state index in [0.717, 1.165) is 18.4 Å². The fourth-order valence-electron chi connectivity index (χ4n) is 1.84. The third-order valence-electron chi connectivity index (χ3n) is 2.94. The van der Waals surface area contributed by atoms with Crippen LogP contribution in [0.2, 0.25) is 0 Å². The molecule has 2 rings (SSSR count). The van der Waals surface area contributed by atoms with E-state index in [1.807, 2.05) is 30.3 Å². The van der Waals surface area contributed by atoms with Gasteiger partial charge in [0, 0.05) is 6.54 Å². The molecular weight excluding hydrogens is 230 g/mol. The molecule has 1 aromatic rings. The summed E-state index contributed by atoms with van der Waals surface area (Å²) in [5, 5.41) is 1.43. The monoisotopic (exact) mass is 249 g/mol. The van der Waals surface area contributed by atoms with Crippen molar-refractivity contribution < 1.29 is 14.4 Å². The second-order valence-electron chi connectivity index (χ2n) is 4.42. The normalized spacial score (nSPS) is 17.5. The van der Waals surface area contributed by atoms with Crippen LogP contribution in [0, 0.1) is 0 Å². The molecule has 1 aliphatic rings. The third kappa shape index (κ3) is 3.55. The van der Waals surface area contributed by atoms with E-state index in [2.05, 4.69) is 0 Å². The van der Waals surface area contributed by atoms with Crippen molar-refractivity contribution in [1.82, 2.24) is 5.06 Å². The van der Waals surface area contributed by atoms with Crippen LogP contribution >= 0.6 is 0 Å². The Morgan fingerprint density at radius 2 is 2.17 bits per heavy atom. The molecule has 1 heterocycles. The molecule has 98 valence electrons. The minimum absolute atomic E-state index is 0.0920. The standard InChI is InChI=1S/C14H19NO3/c1-12(14(16)15-9-5-6-10-18-15)17-11-13-7-3-2-4-8-13/h2-4,7-8,12H,5-6,9-11H2,1H3. The van der Waals surface area contributed by atoms with Gasteiger partial charge in [0.05, 0.1) is 13.2 Å². The van der Waals surface area contributed by atoms with Gasteiger partial charge in [-0.1, -0.05) is 30.3 Å². The summed E-state index contributed by atoms with van der Waals surface area (Å²) in [5.41, 5.74) is 1.07. The van der Waals surface area contributed by atoms with Crippen molar-refractivity contribution in [1.29, 1.82) is 0 Å². The van der Waals surface area contributed by atoms with Crippen molar-refractivity contribution in [3.63, 3.8) is 0 Å². The second-order valence-corrected chi connectivity index (χ2v) is 4.42. The molecule has 0 bridgehead atoms. The van der Waals surface area contributed by atoms with E-state index >= 15 is 0 Å². The number of hydroxylamine groups is 2. The minimum atomic E-state index is -0.469. The summed E-state index contributed by atoms with van der Waals surface area (Å²) in [5.74, 6) is -0.0920. The van der Waals surface area contributed by atoms with Gasteiger partial charge in [0.25, 0.3) is 5.91 Å². The molecule has 1 atom stereocenters. The molecule has 1 aliphatic heterocycles.